The molecule has 158 valence electrons. The maximum absolute atomic E-state index is 13.9. The monoisotopic (exact) mass is 403 g/mol. The smallest absolute Gasteiger partial charge is 0.224 e. The van der Waals surface area contributed by atoms with Gasteiger partial charge in [-0.05, 0) is 55.2 Å². The van der Waals surface area contributed by atoms with Crippen LogP contribution < -0.4 is 19.5 Å². The first-order valence-electron chi connectivity index (χ1n) is 9.90. The Morgan fingerprint density at radius 1 is 1.00 bits per heavy atom. The molecule has 0 fully saturated rings. The number of carbonyl (C=O) groups is 1. The second-order valence-corrected chi connectivity index (χ2v) is 7.01. The van der Waals surface area contributed by atoms with Crippen LogP contribution in [0.1, 0.15) is 44.9 Å². The van der Waals surface area contributed by atoms with Gasteiger partial charge in [0.1, 0.15) is 0 Å². The largest absolute Gasteiger partial charge is 0.494 e. The Morgan fingerprint density at radius 2 is 1.66 bits per heavy atom. The third-order valence-electron chi connectivity index (χ3n) is 4.49. The van der Waals surface area contributed by atoms with E-state index in [1.54, 1.807) is 6.07 Å². The van der Waals surface area contributed by atoms with Crippen LogP contribution in [0.2, 0.25) is 0 Å². The van der Waals surface area contributed by atoms with Crippen LogP contribution >= 0.6 is 0 Å². The van der Waals surface area contributed by atoms with E-state index in [0.717, 1.165) is 5.56 Å². The molecule has 2 rings (SSSR count). The third kappa shape index (κ3) is 6.11. The van der Waals surface area contributed by atoms with Crippen molar-refractivity contribution in [3.63, 3.8) is 0 Å². The van der Waals surface area contributed by atoms with Crippen molar-refractivity contribution in [2.45, 2.75) is 40.2 Å². The van der Waals surface area contributed by atoms with Gasteiger partial charge in [-0.3, -0.25) is 4.79 Å². The molecule has 0 radical (unpaired) electrons. The molecule has 0 bridgehead atoms. The molecule has 5 nitrogen and oxygen atoms in total. The van der Waals surface area contributed by atoms with E-state index < -0.39 is 5.82 Å². The molecule has 2 aromatic carbocycles. The molecule has 0 spiro atoms. The van der Waals surface area contributed by atoms with Crippen molar-refractivity contribution in [2.75, 3.05) is 20.3 Å². The minimum Gasteiger partial charge on any atom is -0.494 e. The molecule has 29 heavy (non-hydrogen) atoms. The SMILES string of the molecule is CCOc1ccc(C(NC(=O)Cc2ccc(OC)c(F)c2)C(C)C)cc1OCC. The van der Waals surface area contributed by atoms with Gasteiger partial charge in [0.15, 0.2) is 23.1 Å². The van der Waals surface area contributed by atoms with Crippen molar-refractivity contribution in [1.29, 1.82) is 0 Å². The standard InChI is InChI=1S/C23H30FNO4/c1-6-28-20-11-9-17(14-21(20)29-7-2)23(15(3)4)25-22(26)13-16-8-10-19(27-5)18(24)12-16/h8-12,14-15,23H,6-7,13H2,1-5H3,(H,25,26). The van der Waals surface area contributed by atoms with E-state index in [4.69, 9.17) is 14.2 Å². The summed E-state index contributed by atoms with van der Waals surface area (Å²) in [7, 11) is 1.41. The van der Waals surface area contributed by atoms with Gasteiger partial charge in [-0.15, -0.1) is 0 Å². The van der Waals surface area contributed by atoms with Crippen LogP contribution in [0.5, 0.6) is 17.2 Å². The van der Waals surface area contributed by atoms with Gasteiger partial charge in [-0.25, -0.2) is 4.39 Å². The van der Waals surface area contributed by atoms with Crippen LogP contribution in [0.15, 0.2) is 36.4 Å². The molecule has 0 saturated heterocycles. The predicted octanol–water partition coefficient (Wildman–Crippen LogP) is 4.69. The van der Waals surface area contributed by atoms with Gasteiger partial charge >= 0.3 is 0 Å². The number of ether oxygens (including phenoxy) is 3. The van der Waals surface area contributed by atoms with E-state index in [0.29, 0.717) is 30.3 Å². The van der Waals surface area contributed by atoms with Crippen molar-refractivity contribution in [3.8, 4) is 17.2 Å². The summed E-state index contributed by atoms with van der Waals surface area (Å²) in [6.07, 6.45) is 0.0828. The van der Waals surface area contributed by atoms with Crippen molar-refractivity contribution >= 4 is 5.91 Å². The van der Waals surface area contributed by atoms with Gasteiger partial charge in [0.05, 0.1) is 32.8 Å². The molecule has 1 atom stereocenters. The zero-order chi connectivity index (χ0) is 21.4. The lowest BCUT2D eigenvalue weighted by Crippen LogP contribution is -2.32. The molecule has 2 aromatic rings. The number of methoxy groups -OCH3 is 1. The number of halogens is 1. The van der Waals surface area contributed by atoms with Crippen LogP contribution in [0, 0.1) is 11.7 Å². The first-order chi connectivity index (χ1) is 13.9. The van der Waals surface area contributed by atoms with Crippen LogP contribution in [0.4, 0.5) is 4.39 Å². The Labute approximate surface area is 172 Å². The zero-order valence-electron chi connectivity index (χ0n) is 17.8. The van der Waals surface area contributed by atoms with Gasteiger partial charge in [0.25, 0.3) is 0 Å². The summed E-state index contributed by atoms with van der Waals surface area (Å²) in [6, 6.07) is 10.0. The first kappa shape index (κ1) is 22.5. The van der Waals surface area contributed by atoms with E-state index >= 15 is 0 Å². The summed E-state index contributed by atoms with van der Waals surface area (Å²) >= 11 is 0. The Hall–Kier alpha value is -2.76. The molecule has 0 aliphatic carbocycles. The van der Waals surface area contributed by atoms with Crippen LogP contribution in [0.3, 0.4) is 0 Å². The third-order valence-corrected chi connectivity index (χ3v) is 4.49. The Kier molecular flexibility index (Phi) is 8.31. The quantitative estimate of drug-likeness (QED) is 0.625. The van der Waals surface area contributed by atoms with Crippen molar-refractivity contribution in [2.24, 2.45) is 5.92 Å². The molecular formula is C23H30FNO4. The van der Waals surface area contributed by atoms with E-state index in [9.17, 15) is 9.18 Å². The number of carbonyl (C=O) groups excluding carboxylic acids is 1. The number of hydrogen-bond donors (Lipinski definition) is 1. The molecule has 1 N–H and O–H groups in total. The summed E-state index contributed by atoms with van der Waals surface area (Å²) in [5, 5.41) is 3.06. The summed E-state index contributed by atoms with van der Waals surface area (Å²) in [5.41, 5.74) is 1.52. The van der Waals surface area contributed by atoms with Crippen molar-refractivity contribution < 1.29 is 23.4 Å². The molecule has 1 unspecified atom stereocenters. The van der Waals surface area contributed by atoms with Gasteiger partial charge in [-0.2, -0.15) is 0 Å². The highest BCUT2D eigenvalue weighted by Gasteiger charge is 2.21. The fraction of sp³-hybridized carbons (Fsp3) is 0.435. The Bertz CT molecular complexity index is 823. The highest BCUT2D eigenvalue weighted by molar-refractivity contribution is 5.79. The second-order valence-electron chi connectivity index (χ2n) is 7.01. The maximum Gasteiger partial charge on any atom is 0.224 e. The van der Waals surface area contributed by atoms with Crippen molar-refractivity contribution in [1.82, 2.24) is 5.32 Å². The van der Waals surface area contributed by atoms with Gasteiger partial charge in [0.2, 0.25) is 5.91 Å². The van der Waals surface area contributed by atoms with Gasteiger partial charge in [0, 0.05) is 0 Å². The molecule has 0 saturated carbocycles. The lowest BCUT2D eigenvalue weighted by Gasteiger charge is -2.24. The molecule has 0 aliphatic heterocycles. The average Bonchev–Trinajstić information content (AvgIpc) is 2.68. The second kappa shape index (κ2) is 10.7. The Balaban J connectivity index is 2.18. The normalized spacial score (nSPS) is 11.8. The number of benzene rings is 2. The minimum absolute atomic E-state index is 0.0828. The summed E-state index contributed by atoms with van der Waals surface area (Å²) in [5.74, 6) is 0.988. The number of nitrogens with one attached hydrogen (secondary N) is 1. The average molecular weight is 403 g/mol. The van der Waals surface area contributed by atoms with E-state index in [1.807, 2.05) is 45.9 Å². The number of amides is 1. The lowest BCUT2D eigenvalue weighted by atomic mass is 9.95. The first-order valence-corrected chi connectivity index (χ1v) is 9.90. The Morgan fingerprint density at radius 3 is 2.24 bits per heavy atom. The molecule has 0 heterocycles. The van der Waals surface area contributed by atoms with Gasteiger partial charge < -0.3 is 19.5 Å². The number of hydrogen-bond acceptors (Lipinski definition) is 4. The van der Waals surface area contributed by atoms with Crippen LogP contribution in [-0.4, -0.2) is 26.2 Å². The summed E-state index contributed by atoms with van der Waals surface area (Å²) in [4.78, 5) is 12.6. The van der Waals surface area contributed by atoms with E-state index in [-0.39, 0.29) is 30.0 Å². The molecule has 1 amide bonds. The minimum atomic E-state index is -0.480. The van der Waals surface area contributed by atoms with Crippen molar-refractivity contribution in [3.05, 3.63) is 53.3 Å². The maximum atomic E-state index is 13.9. The topological polar surface area (TPSA) is 56.8 Å². The van der Waals surface area contributed by atoms with E-state index in [1.165, 1.54) is 19.2 Å². The van der Waals surface area contributed by atoms with E-state index in [2.05, 4.69) is 5.32 Å². The molecule has 0 aromatic heterocycles. The zero-order valence-corrected chi connectivity index (χ0v) is 17.8. The highest BCUT2D eigenvalue weighted by atomic mass is 19.1. The molecule has 6 heteroatoms. The fourth-order valence-corrected chi connectivity index (χ4v) is 3.13. The summed E-state index contributed by atoms with van der Waals surface area (Å²) < 4.78 is 30.1. The fourth-order valence-electron chi connectivity index (χ4n) is 3.13. The van der Waals surface area contributed by atoms with Crippen LogP contribution in [-0.2, 0) is 11.2 Å². The molecule has 0 aliphatic rings. The van der Waals surface area contributed by atoms with Gasteiger partial charge in [-0.1, -0.05) is 26.0 Å². The molecular weight excluding hydrogens is 373 g/mol. The van der Waals surface area contributed by atoms with Crippen LogP contribution in [0.25, 0.3) is 0 Å². The highest BCUT2D eigenvalue weighted by Crippen LogP contribution is 2.33. The lowest BCUT2D eigenvalue weighted by molar-refractivity contribution is -0.121. The number of rotatable bonds is 10. The predicted molar refractivity (Wildman–Crippen MR) is 111 cm³/mol. The summed E-state index contributed by atoms with van der Waals surface area (Å²) in [6.45, 7) is 8.97.